The van der Waals surface area contributed by atoms with E-state index in [9.17, 15) is 4.79 Å². The first kappa shape index (κ1) is 12.5. The summed E-state index contributed by atoms with van der Waals surface area (Å²) in [5.74, 6) is -0.218. The van der Waals surface area contributed by atoms with E-state index in [0.29, 0.717) is 18.7 Å². The summed E-state index contributed by atoms with van der Waals surface area (Å²) in [7, 11) is 1.42. The van der Waals surface area contributed by atoms with Gasteiger partial charge in [-0.15, -0.1) is 0 Å². The zero-order valence-electron chi connectivity index (χ0n) is 9.79. The van der Waals surface area contributed by atoms with E-state index in [2.05, 4.69) is 10.1 Å². The van der Waals surface area contributed by atoms with Crippen molar-refractivity contribution in [3.8, 4) is 0 Å². The lowest BCUT2D eigenvalue weighted by Crippen LogP contribution is -2.47. The smallest absolute Gasteiger partial charge is 0.309 e. The topological polar surface area (TPSA) is 47.6 Å². The fourth-order valence-electron chi connectivity index (χ4n) is 1.73. The van der Waals surface area contributed by atoms with E-state index >= 15 is 0 Å². The van der Waals surface area contributed by atoms with Crippen LogP contribution < -0.4 is 5.32 Å². The summed E-state index contributed by atoms with van der Waals surface area (Å²) < 4.78 is 10.1. The van der Waals surface area contributed by atoms with Crippen LogP contribution in [-0.2, 0) is 14.3 Å². The number of esters is 1. The molecule has 0 aromatic rings. The van der Waals surface area contributed by atoms with E-state index in [1.54, 1.807) is 0 Å². The highest BCUT2D eigenvalue weighted by Crippen LogP contribution is 2.23. The van der Waals surface area contributed by atoms with Crippen LogP contribution in [-0.4, -0.2) is 38.4 Å². The largest absolute Gasteiger partial charge is 0.469 e. The van der Waals surface area contributed by atoms with Crippen molar-refractivity contribution in [3.05, 3.63) is 0 Å². The molecule has 1 rings (SSSR count). The highest BCUT2D eigenvalue weighted by Gasteiger charge is 2.29. The molecule has 4 heteroatoms. The summed E-state index contributed by atoms with van der Waals surface area (Å²) in [6.07, 6.45) is 2.53. The Morgan fingerprint density at radius 1 is 1.53 bits per heavy atom. The van der Waals surface area contributed by atoms with Gasteiger partial charge in [0, 0.05) is 19.2 Å². The molecule has 0 amide bonds. The average Bonchev–Trinajstić information content (AvgIpc) is 2.19. The van der Waals surface area contributed by atoms with Crippen LogP contribution in [0.1, 0.15) is 26.7 Å². The number of nitrogens with one attached hydrogen (secondary N) is 1. The van der Waals surface area contributed by atoms with Gasteiger partial charge in [-0.05, 0) is 19.8 Å². The lowest BCUT2D eigenvalue weighted by molar-refractivity contribution is -0.144. The number of methoxy groups -OCH3 is 1. The Kier molecular flexibility index (Phi) is 5.05. The van der Waals surface area contributed by atoms with E-state index in [0.717, 1.165) is 19.4 Å². The highest BCUT2D eigenvalue weighted by atomic mass is 16.5. The predicted octanol–water partition coefficient (Wildman–Crippen LogP) is 0.953. The molecule has 1 saturated carbocycles. The Hall–Kier alpha value is -0.610. The van der Waals surface area contributed by atoms with Gasteiger partial charge in [-0.1, -0.05) is 6.92 Å². The van der Waals surface area contributed by atoms with E-state index in [-0.39, 0.29) is 11.9 Å². The normalized spacial score (nSPS) is 26.9. The summed E-state index contributed by atoms with van der Waals surface area (Å²) >= 11 is 0. The Labute approximate surface area is 91.3 Å². The maximum atomic E-state index is 11.1. The maximum absolute atomic E-state index is 11.1. The standard InChI is InChI=1S/C11H21NO3/c1-4-15-10-5-9(6-10)12-7-8(2)11(13)14-3/h8-10,12H,4-7H2,1-3H3. The summed E-state index contributed by atoms with van der Waals surface area (Å²) in [4.78, 5) is 11.1. The summed E-state index contributed by atoms with van der Waals surface area (Å²) in [6.45, 7) is 5.36. The quantitative estimate of drug-likeness (QED) is 0.670. The third-order valence-corrected chi connectivity index (χ3v) is 2.81. The average molecular weight is 215 g/mol. The Bertz CT molecular complexity index is 202. The van der Waals surface area contributed by atoms with E-state index in [1.165, 1.54) is 7.11 Å². The molecule has 1 aliphatic rings. The molecule has 0 radical (unpaired) electrons. The molecular formula is C11H21NO3. The molecule has 0 aliphatic heterocycles. The molecular weight excluding hydrogens is 194 g/mol. The van der Waals surface area contributed by atoms with Crippen molar-refractivity contribution in [2.24, 2.45) is 5.92 Å². The zero-order valence-corrected chi connectivity index (χ0v) is 9.79. The molecule has 1 unspecified atom stereocenters. The molecule has 0 bridgehead atoms. The molecule has 1 aliphatic carbocycles. The van der Waals surface area contributed by atoms with Gasteiger partial charge in [0.1, 0.15) is 0 Å². The molecule has 15 heavy (non-hydrogen) atoms. The third-order valence-electron chi connectivity index (χ3n) is 2.81. The third kappa shape index (κ3) is 3.80. The van der Waals surface area contributed by atoms with Crippen LogP contribution in [0, 0.1) is 5.92 Å². The number of ether oxygens (including phenoxy) is 2. The number of hydrogen-bond acceptors (Lipinski definition) is 4. The van der Waals surface area contributed by atoms with Crippen molar-refractivity contribution in [2.45, 2.75) is 38.8 Å². The number of hydrogen-bond donors (Lipinski definition) is 1. The Morgan fingerprint density at radius 3 is 2.73 bits per heavy atom. The maximum Gasteiger partial charge on any atom is 0.309 e. The van der Waals surface area contributed by atoms with Crippen molar-refractivity contribution in [3.63, 3.8) is 0 Å². The van der Waals surface area contributed by atoms with Crippen LogP contribution in [0.3, 0.4) is 0 Å². The van der Waals surface area contributed by atoms with Crippen molar-refractivity contribution < 1.29 is 14.3 Å². The van der Waals surface area contributed by atoms with Crippen LogP contribution in [0.15, 0.2) is 0 Å². The zero-order chi connectivity index (χ0) is 11.3. The first-order valence-electron chi connectivity index (χ1n) is 5.60. The van der Waals surface area contributed by atoms with Crippen molar-refractivity contribution in [1.82, 2.24) is 5.32 Å². The molecule has 0 heterocycles. The van der Waals surface area contributed by atoms with Crippen LogP contribution >= 0.6 is 0 Å². The second kappa shape index (κ2) is 6.08. The van der Waals surface area contributed by atoms with Crippen LogP contribution in [0.5, 0.6) is 0 Å². The highest BCUT2D eigenvalue weighted by molar-refractivity contribution is 5.72. The second-order valence-electron chi connectivity index (χ2n) is 4.08. The Balaban J connectivity index is 2.05. The van der Waals surface area contributed by atoms with Gasteiger partial charge in [0.2, 0.25) is 0 Å². The van der Waals surface area contributed by atoms with Gasteiger partial charge in [0.25, 0.3) is 0 Å². The fourth-order valence-corrected chi connectivity index (χ4v) is 1.73. The van der Waals surface area contributed by atoms with Crippen molar-refractivity contribution >= 4 is 5.97 Å². The van der Waals surface area contributed by atoms with Gasteiger partial charge in [0.15, 0.2) is 0 Å². The van der Waals surface area contributed by atoms with E-state index < -0.39 is 0 Å². The van der Waals surface area contributed by atoms with Crippen molar-refractivity contribution in [1.29, 1.82) is 0 Å². The SMILES string of the molecule is CCOC1CC(NCC(C)C(=O)OC)C1. The van der Waals surface area contributed by atoms with Gasteiger partial charge in [-0.25, -0.2) is 0 Å². The summed E-state index contributed by atoms with van der Waals surface area (Å²) in [6, 6.07) is 0.508. The summed E-state index contributed by atoms with van der Waals surface area (Å²) in [5, 5.41) is 3.34. The van der Waals surface area contributed by atoms with Gasteiger partial charge in [-0.3, -0.25) is 4.79 Å². The fraction of sp³-hybridized carbons (Fsp3) is 0.909. The lowest BCUT2D eigenvalue weighted by atomic mass is 9.89. The first-order chi connectivity index (χ1) is 7.17. The van der Waals surface area contributed by atoms with Gasteiger partial charge in [0.05, 0.1) is 19.1 Å². The molecule has 88 valence electrons. The van der Waals surface area contributed by atoms with Crippen LogP contribution in [0.4, 0.5) is 0 Å². The molecule has 1 N–H and O–H groups in total. The number of carbonyl (C=O) groups is 1. The van der Waals surface area contributed by atoms with Gasteiger partial charge in [-0.2, -0.15) is 0 Å². The molecule has 1 fully saturated rings. The number of rotatable bonds is 6. The van der Waals surface area contributed by atoms with Gasteiger partial charge < -0.3 is 14.8 Å². The van der Waals surface area contributed by atoms with Crippen molar-refractivity contribution in [2.75, 3.05) is 20.3 Å². The molecule has 0 aromatic heterocycles. The Morgan fingerprint density at radius 2 is 2.20 bits per heavy atom. The lowest BCUT2D eigenvalue weighted by Gasteiger charge is -2.36. The van der Waals surface area contributed by atoms with E-state index in [4.69, 9.17) is 4.74 Å². The van der Waals surface area contributed by atoms with Gasteiger partial charge >= 0.3 is 5.97 Å². The van der Waals surface area contributed by atoms with E-state index in [1.807, 2.05) is 13.8 Å². The van der Waals surface area contributed by atoms with Crippen LogP contribution in [0.25, 0.3) is 0 Å². The second-order valence-corrected chi connectivity index (χ2v) is 4.08. The molecule has 0 aromatic carbocycles. The first-order valence-corrected chi connectivity index (χ1v) is 5.60. The molecule has 1 atom stereocenters. The minimum atomic E-state index is -0.150. The minimum absolute atomic E-state index is 0.0684. The monoisotopic (exact) mass is 215 g/mol. The predicted molar refractivity (Wildman–Crippen MR) is 57.6 cm³/mol. The number of carbonyl (C=O) groups excluding carboxylic acids is 1. The molecule has 4 nitrogen and oxygen atoms in total. The minimum Gasteiger partial charge on any atom is -0.469 e. The molecule has 0 saturated heterocycles. The summed E-state index contributed by atoms with van der Waals surface area (Å²) in [5.41, 5.74) is 0. The van der Waals surface area contributed by atoms with Crippen LogP contribution in [0.2, 0.25) is 0 Å². The molecule has 0 spiro atoms.